The van der Waals surface area contributed by atoms with Crippen LogP contribution in [0.3, 0.4) is 0 Å². The van der Waals surface area contributed by atoms with E-state index in [0.29, 0.717) is 18.4 Å². The van der Waals surface area contributed by atoms with Gasteiger partial charge >= 0.3 is 0 Å². The van der Waals surface area contributed by atoms with E-state index < -0.39 is 0 Å². The second-order valence-corrected chi connectivity index (χ2v) is 3.69. The van der Waals surface area contributed by atoms with Gasteiger partial charge in [-0.3, -0.25) is 0 Å². The molecule has 0 bridgehead atoms. The Morgan fingerprint density at radius 1 is 1.45 bits per heavy atom. The van der Waals surface area contributed by atoms with E-state index >= 15 is 0 Å². The Balaban J connectivity index is 2.30. The van der Waals surface area contributed by atoms with Crippen LogP contribution in [0.4, 0.5) is 0 Å². The molecule has 0 aromatic rings. The molecule has 0 radical (unpaired) electrons. The van der Waals surface area contributed by atoms with Crippen LogP contribution in [0.2, 0.25) is 0 Å². The predicted molar refractivity (Wildman–Crippen MR) is 47.9 cm³/mol. The number of alkyl halides is 1. The zero-order valence-electron chi connectivity index (χ0n) is 6.63. The molecule has 0 spiro atoms. The second kappa shape index (κ2) is 5.12. The van der Waals surface area contributed by atoms with Crippen molar-refractivity contribution in [2.75, 3.05) is 25.2 Å². The van der Waals surface area contributed by atoms with Gasteiger partial charge in [-0.15, -0.1) is 0 Å². The summed E-state index contributed by atoms with van der Waals surface area (Å²) in [5.41, 5.74) is 0. The molecule has 1 unspecified atom stereocenters. The van der Waals surface area contributed by atoms with Crippen molar-refractivity contribution in [2.24, 2.45) is 11.8 Å². The summed E-state index contributed by atoms with van der Waals surface area (Å²) in [5.74, 6) is 1.09. The van der Waals surface area contributed by atoms with Crippen molar-refractivity contribution < 1.29 is 9.84 Å². The lowest BCUT2D eigenvalue weighted by molar-refractivity contribution is 0.0390. The lowest BCUT2D eigenvalue weighted by Gasteiger charge is -2.27. The Morgan fingerprint density at radius 3 is 2.55 bits per heavy atom. The second-order valence-electron chi connectivity index (χ2n) is 3.05. The summed E-state index contributed by atoms with van der Waals surface area (Å²) in [6, 6.07) is 0. The highest BCUT2D eigenvalue weighted by atomic mass is 79.9. The molecule has 0 aromatic carbocycles. The molecule has 0 amide bonds. The molecule has 3 heteroatoms. The fourth-order valence-electron chi connectivity index (χ4n) is 1.51. The molecule has 0 saturated carbocycles. The average Bonchev–Trinajstić information content (AvgIpc) is 2.09. The molecule has 66 valence electrons. The highest BCUT2D eigenvalue weighted by Crippen LogP contribution is 2.24. The molecule has 1 heterocycles. The maximum atomic E-state index is 9.01. The molecule has 1 aliphatic rings. The Kier molecular flexibility index (Phi) is 4.41. The van der Waals surface area contributed by atoms with Gasteiger partial charge in [-0.1, -0.05) is 15.9 Å². The molecule has 0 aromatic heterocycles. The number of halogens is 1. The first kappa shape index (κ1) is 9.49. The van der Waals surface area contributed by atoms with Crippen LogP contribution >= 0.6 is 15.9 Å². The van der Waals surface area contributed by atoms with Gasteiger partial charge < -0.3 is 9.84 Å². The van der Waals surface area contributed by atoms with E-state index in [2.05, 4.69) is 15.9 Å². The van der Waals surface area contributed by atoms with Crippen molar-refractivity contribution in [1.29, 1.82) is 0 Å². The fraction of sp³-hybridized carbons (Fsp3) is 1.00. The van der Waals surface area contributed by atoms with E-state index in [9.17, 15) is 0 Å². The largest absolute Gasteiger partial charge is 0.396 e. The first-order valence-electron chi connectivity index (χ1n) is 4.13. The minimum absolute atomic E-state index is 0.302. The molecule has 0 aliphatic carbocycles. The number of aliphatic hydroxyl groups excluding tert-OH is 1. The molecule has 1 atom stereocenters. The van der Waals surface area contributed by atoms with Gasteiger partial charge in [0.1, 0.15) is 0 Å². The van der Waals surface area contributed by atoms with Crippen molar-refractivity contribution in [3.05, 3.63) is 0 Å². The van der Waals surface area contributed by atoms with Gasteiger partial charge in [-0.05, 0) is 24.7 Å². The van der Waals surface area contributed by atoms with E-state index in [0.717, 1.165) is 31.4 Å². The van der Waals surface area contributed by atoms with Gasteiger partial charge in [0.05, 0.1) is 0 Å². The zero-order valence-corrected chi connectivity index (χ0v) is 8.22. The normalized spacial score (nSPS) is 23.5. The maximum Gasteiger partial charge on any atom is 0.0469 e. The predicted octanol–water partition coefficient (Wildman–Crippen LogP) is 1.42. The average molecular weight is 223 g/mol. The summed E-state index contributed by atoms with van der Waals surface area (Å²) >= 11 is 3.41. The van der Waals surface area contributed by atoms with Crippen molar-refractivity contribution in [2.45, 2.75) is 12.8 Å². The lowest BCUT2D eigenvalue weighted by Crippen LogP contribution is -2.26. The van der Waals surface area contributed by atoms with Crippen LogP contribution in [-0.2, 0) is 4.74 Å². The van der Waals surface area contributed by atoms with Gasteiger partial charge in [-0.25, -0.2) is 0 Å². The molecule has 1 fully saturated rings. The highest BCUT2D eigenvalue weighted by molar-refractivity contribution is 9.09. The summed E-state index contributed by atoms with van der Waals surface area (Å²) in [7, 11) is 0. The van der Waals surface area contributed by atoms with E-state index in [4.69, 9.17) is 9.84 Å². The first-order valence-corrected chi connectivity index (χ1v) is 5.25. The highest BCUT2D eigenvalue weighted by Gasteiger charge is 2.22. The molecule has 2 nitrogen and oxygen atoms in total. The van der Waals surface area contributed by atoms with Crippen LogP contribution < -0.4 is 0 Å². The zero-order chi connectivity index (χ0) is 8.10. The van der Waals surface area contributed by atoms with Gasteiger partial charge in [0.2, 0.25) is 0 Å². The smallest absolute Gasteiger partial charge is 0.0469 e. The summed E-state index contributed by atoms with van der Waals surface area (Å²) in [4.78, 5) is 0. The molecule has 11 heavy (non-hydrogen) atoms. The van der Waals surface area contributed by atoms with Gasteiger partial charge in [-0.2, -0.15) is 0 Å². The third-order valence-corrected chi connectivity index (χ3v) is 3.20. The van der Waals surface area contributed by atoms with Crippen LogP contribution in [-0.4, -0.2) is 30.3 Å². The first-order chi connectivity index (χ1) is 5.38. The van der Waals surface area contributed by atoms with Crippen LogP contribution in [0, 0.1) is 11.8 Å². The third kappa shape index (κ3) is 2.73. The number of hydrogen-bond acceptors (Lipinski definition) is 2. The number of hydrogen-bond donors (Lipinski definition) is 1. The topological polar surface area (TPSA) is 29.5 Å². The Bertz CT molecular complexity index is 98.3. The molecular weight excluding hydrogens is 208 g/mol. The van der Waals surface area contributed by atoms with E-state index in [1.807, 2.05) is 0 Å². The van der Waals surface area contributed by atoms with Crippen LogP contribution in [0.25, 0.3) is 0 Å². The Hall–Kier alpha value is 0.400. The van der Waals surface area contributed by atoms with E-state index in [-0.39, 0.29) is 0 Å². The molecule has 1 saturated heterocycles. The summed E-state index contributed by atoms with van der Waals surface area (Å²) < 4.78 is 5.24. The van der Waals surface area contributed by atoms with Crippen molar-refractivity contribution in [3.63, 3.8) is 0 Å². The minimum atomic E-state index is 0.302. The van der Waals surface area contributed by atoms with Crippen molar-refractivity contribution in [3.8, 4) is 0 Å². The Labute approximate surface area is 76.1 Å². The van der Waals surface area contributed by atoms with E-state index in [1.165, 1.54) is 0 Å². The summed E-state index contributed by atoms with van der Waals surface area (Å²) in [5, 5.41) is 9.92. The Morgan fingerprint density at radius 2 is 2.09 bits per heavy atom. The van der Waals surface area contributed by atoms with Crippen molar-refractivity contribution >= 4 is 15.9 Å². The van der Waals surface area contributed by atoms with Crippen LogP contribution in [0.15, 0.2) is 0 Å². The van der Waals surface area contributed by atoms with Crippen LogP contribution in [0.5, 0.6) is 0 Å². The number of rotatable bonds is 3. The molecule has 1 aliphatic heterocycles. The fourth-order valence-corrected chi connectivity index (χ4v) is 2.24. The lowest BCUT2D eigenvalue weighted by atomic mass is 9.88. The van der Waals surface area contributed by atoms with Gasteiger partial charge in [0.25, 0.3) is 0 Å². The summed E-state index contributed by atoms with van der Waals surface area (Å²) in [6.07, 6.45) is 2.22. The van der Waals surface area contributed by atoms with Gasteiger partial charge in [0.15, 0.2) is 0 Å². The molecule has 1 rings (SSSR count). The molecular formula is C8H15BrO2. The quantitative estimate of drug-likeness (QED) is 0.733. The minimum Gasteiger partial charge on any atom is -0.396 e. The monoisotopic (exact) mass is 222 g/mol. The standard InChI is InChI=1S/C8H15BrO2/c9-5-8(6-10)7-1-3-11-4-2-7/h7-8,10H,1-6H2. The molecule has 1 N–H and O–H groups in total. The van der Waals surface area contributed by atoms with Crippen LogP contribution in [0.1, 0.15) is 12.8 Å². The summed E-state index contributed by atoms with van der Waals surface area (Å²) in [6.45, 7) is 2.04. The van der Waals surface area contributed by atoms with Crippen molar-refractivity contribution in [1.82, 2.24) is 0 Å². The maximum absolute atomic E-state index is 9.01. The third-order valence-electron chi connectivity index (χ3n) is 2.37. The number of ether oxygens (including phenoxy) is 1. The SMILES string of the molecule is OCC(CBr)C1CCOCC1. The van der Waals surface area contributed by atoms with Gasteiger partial charge in [0, 0.05) is 25.2 Å². The van der Waals surface area contributed by atoms with E-state index in [1.54, 1.807) is 0 Å². The number of aliphatic hydroxyl groups is 1.